The van der Waals surface area contributed by atoms with Gasteiger partial charge in [0, 0.05) is 41.3 Å². The van der Waals surface area contributed by atoms with Gasteiger partial charge in [0.15, 0.2) is 0 Å². The summed E-state index contributed by atoms with van der Waals surface area (Å²) >= 11 is 3.79. The molecule has 2 aliphatic heterocycles. The standard InChI is InChI=1S/C15H21BrN2O/c1-10-5-15(19-2)8-12(17-10)9-18-13-3-4-14(18)7-11(16)6-13/h5,8,11,13-14H,3-4,6-7,9H2,1-2H3. The number of pyridine rings is 1. The molecule has 0 aliphatic carbocycles. The predicted octanol–water partition coefficient (Wildman–Crippen LogP) is 3.29. The molecule has 2 unspecified atom stereocenters. The van der Waals surface area contributed by atoms with E-state index in [1.165, 1.54) is 25.7 Å². The van der Waals surface area contributed by atoms with Gasteiger partial charge in [0.1, 0.15) is 5.75 Å². The minimum absolute atomic E-state index is 0.709. The zero-order valence-corrected chi connectivity index (χ0v) is 13.2. The first kappa shape index (κ1) is 13.4. The number of aryl methyl sites for hydroxylation is 1. The Hall–Kier alpha value is -0.610. The molecule has 19 heavy (non-hydrogen) atoms. The second-order valence-electron chi connectivity index (χ2n) is 5.77. The smallest absolute Gasteiger partial charge is 0.122 e. The van der Waals surface area contributed by atoms with E-state index >= 15 is 0 Å². The Labute approximate surface area is 123 Å². The Morgan fingerprint density at radius 3 is 2.63 bits per heavy atom. The van der Waals surface area contributed by atoms with Crippen molar-refractivity contribution in [2.45, 2.75) is 56.1 Å². The van der Waals surface area contributed by atoms with Crippen LogP contribution in [0.25, 0.3) is 0 Å². The normalized spacial score (nSPS) is 30.6. The van der Waals surface area contributed by atoms with Gasteiger partial charge < -0.3 is 4.74 Å². The average molecular weight is 325 g/mol. The summed E-state index contributed by atoms with van der Waals surface area (Å²) in [4.78, 5) is 8.02. The Morgan fingerprint density at radius 1 is 1.32 bits per heavy atom. The van der Waals surface area contributed by atoms with Crippen molar-refractivity contribution in [2.24, 2.45) is 0 Å². The van der Waals surface area contributed by atoms with Crippen LogP contribution in [0.3, 0.4) is 0 Å². The summed E-state index contributed by atoms with van der Waals surface area (Å²) in [6.07, 6.45) is 5.24. The highest BCUT2D eigenvalue weighted by molar-refractivity contribution is 9.09. The van der Waals surface area contributed by atoms with Crippen molar-refractivity contribution in [1.82, 2.24) is 9.88 Å². The lowest BCUT2D eigenvalue weighted by molar-refractivity contribution is 0.135. The molecule has 3 heterocycles. The van der Waals surface area contributed by atoms with Crippen LogP contribution in [0, 0.1) is 6.92 Å². The molecule has 0 saturated carbocycles. The first-order valence-electron chi connectivity index (χ1n) is 7.07. The van der Waals surface area contributed by atoms with E-state index in [1.54, 1.807) is 7.11 Å². The number of nitrogens with zero attached hydrogens (tertiary/aromatic N) is 2. The van der Waals surface area contributed by atoms with E-state index in [9.17, 15) is 0 Å². The van der Waals surface area contributed by atoms with Gasteiger partial charge in [-0.05, 0) is 32.6 Å². The third kappa shape index (κ3) is 2.79. The van der Waals surface area contributed by atoms with Crippen molar-refractivity contribution in [2.75, 3.05) is 7.11 Å². The summed E-state index contributed by atoms with van der Waals surface area (Å²) < 4.78 is 5.35. The number of fused-ring (bicyclic) bond motifs is 2. The van der Waals surface area contributed by atoms with Gasteiger partial charge in [-0.25, -0.2) is 0 Å². The van der Waals surface area contributed by atoms with Crippen LogP contribution in [-0.2, 0) is 6.54 Å². The van der Waals surface area contributed by atoms with Crippen LogP contribution in [0.1, 0.15) is 37.1 Å². The van der Waals surface area contributed by atoms with Crippen LogP contribution in [0.4, 0.5) is 0 Å². The molecule has 0 spiro atoms. The SMILES string of the molecule is COc1cc(C)nc(CN2C3CCC2CC(Br)C3)c1. The first-order valence-corrected chi connectivity index (χ1v) is 7.98. The third-order valence-electron chi connectivity index (χ3n) is 4.39. The fourth-order valence-corrected chi connectivity index (χ4v) is 4.42. The Morgan fingerprint density at radius 2 is 2.00 bits per heavy atom. The third-order valence-corrected chi connectivity index (χ3v) is 5.13. The van der Waals surface area contributed by atoms with E-state index in [0.717, 1.165) is 35.8 Å². The van der Waals surface area contributed by atoms with Crippen LogP contribution in [0.15, 0.2) is 12.1 Å². The van der Waals surface area contributed by atoms with Crippen LogP contribution >= 0.6 is 15.9 Å². The molecule has 1 aromatic rings. The highest BCUT2D eigenvalue weighted by Gasteiger charge is 2.39. The van der Waals surface area contributed by atoms with E-state index in [0.29, 0.717) is 4.83 Å². The molecule has 0 aromatic carbocycles. The van der Waals surface area contributed by atoms with Crippen LogP contribution in [-0.4, -0.2) is 33.9 Å². The predicted molar refractivity (Wildman–Crippen MR) is 79.8 cm³/mol. The van der Waals surface area contributed by atoms with E-state index in [-0.39, 0.29) is 0 Å². The van der Waals surface area contributed by atoms with E-state index in [2.05, 4.69) is 31.9 Å². The van der Waals surface area contributed by atoms with Crippen LogP contribution in [0.5, 0.6) is 5.75 Å². The molecule has 0 amide bonds. The molecule has 0 radical (unpaired) electrons. The lowest BCUT2D eigenvalue weighted by Crippen LogP contribution is -2.42. The second-order valence-corrected chi connectivity index (χ2v) is 7.06. The van der Waals surface area contributed by atoms with Gasteiger partial charge >= 0.3 is 0 Å². The van der Waals surface area contributed by atoms with E-state index in [4.69, 9.17) is 4.74 Å². The number of piperidine rings is 1. The molecule has 2 fully saturated rings. The number of hydrogen-bond acceptors (Lipinski definition) is 3. The molecule has 2 atom stereocenters. The van der Waals surface area contributed by atoms with Crippen molar-refractivity contribution in [3.05, 3.63) is 23.5 Å². The number of aromatic nitrogens is 1. The second kappa shape index (κ2) is 5.41. The fourth-order valence-electron chi connectivity index (χ4n) is 3.55. The number of halogens is 1. The number of alkyl halides is 1. The lowest BCUT2D eigenvalue weighted by Gasteiger charge is -2.36. The van der Waals surface area contributed by atoms with Gasteiger partial charge in [-0.3, -0.25) is 9.88 Å². The molecular weight excluding hydrogens is 304 g/mol. The molecule has 2 aliphatic rings. The topological polar surface area (TPSA) is 25.4 Å². The van der Waals surface area contributed by atoms with Crippen molar-refractivity contribution < 1.29 is 4.74 Å². The minimum atomic E-state index is 0.709. The van der Waals surface area contributed by atoms with Crippen molar-refractivity contribution in [3.63, 3.8) is 0 Å². The van der Waals surface area contributed by atoms with Crippen LogP contribution < -0.4 is 4.74 Å². The summed E-state index contributed by atoms with van der Waals surface area (Å²) in [5, 5.41) is 0. The van der Waals surface area contributed by atoms with Crippen LogP contribution in [0.2, 0.25) is 0 Å². The van der Waals surface area contributed by atoms with Gasteiger partial charge in [-0.1, -0.05) is 15.9 Å². The number of rotatable bonds is 3. The number of ether oxygens (including phenoxy) is 1. The quantitative estimate of drug-likeness (QED) is 0.798. The summed E-state index contributed by atoms with van der Waals surface area (Å²) in [7, 11) is 1.72. The molecule has 2 bridgehead atoms. The van der Waals surface area contributed by atoms with E-state index in [1.807, 2.05) is 13.0 Å². The van der Waals surface area contributed by atoms with Gasteiger partial charge in [-0.15, -0.1) is 0 Å². The van der Waals surface area contributed by atoms with Gasteiger partial charge in [0.05, 0.1) is 12.8 Å². The van der Waals surface area contributed by atoms with Gasteiger partial charge in [0.2, 0.25) is 0 Å². The molecule has 104 valence electrons. The molecule has 1 aromatic heterocycles. The number of hydrogen-bond donors (Lipinski definition) is 0. The molecule has 3 rings (SSSR count). The van der Waals surface area contributed by atoms with Gasteiger partial charge in [0.25, 0.3) is 0 Å². The minimum Gasteiger partial charge on any atom is -0.497 e. The highest BCUT2D eigenvalue weighted by atomic mass is 79.9. The zero-order valence-electron chi connectivity index (χ0n) is 11.6. The molecule has 3 nitrogen and oxygen atoms in total. The summed E-state index contributed by atoms with van der Waals surface area (Å²) in [5.74, 6) is 0.922. The van der Waals surface area contributed by atoms with Crippen molar-refractivity contribution in [3.8, 4) is 5.75 Å². The summed E-state index contributed by atoms with van der Waals surface area (Å²) in [6, 6.07) is 5.53. The highest BCUT2D eigenvalue weighted by Crippen LogP contribution is 2.39. The summed E-state index contributed by atoms with van der Waals surface area (Å²) in [6.45, 7) is 3.00. The summed E-state index contributed by atoms with van der Waals surface area (Å²) in [5.41, 5.74) is 2.18. The molecule has 4 heteroatoms. The van der Waals surface area contributed by atoms with Crippen molar-refractivity contribution in [1.29, 1.82) is 0 Å². The van der Waals surface area contributed by atoms with Crippen molar-refractivity contribution >= 4 is 15.9 Å². The average Bonchev–Trinajstić information content (AvgIpc) is 2.60. The lowest BCUT2D eigenvalue weighted by atomic mass is 10.0. The maximum Gasteiger partial charge on any atom is 0.122 e. The van der Waals surface area contributed by atoms with E-state index < -0.39 is 0 Å². The zero-order chi connectivity index (χ0) is 13.4. The Bertz CT molecular complexity index is 451. The maximum absolute atomic E-state index is 5.35. The molecular formula is C15H21BrN2O. The largest absolute Gasteiger partial charge is 0.497 e. The molecule has 2 saturated heterocycles. The Kier molecular flexibility index (Phi) is 3.81. The maximum atomic E-state index is 5.35. The van der Waals surface area contributed by atoms with Gasteiger partial charge in [-0.2, -0.15) is 0 Å². The Balaban J connectivity index is 1.77. The monoisotopic (exact) mass is 324 g/mol. The molecule has 0 N–H and O–H groups in total. The fraction of sp³-hybridized carbons (Fsp3) is 0.667. The first-order chi connectivity index (χ1) is 9.15. The number of methoxy groups -OCH3 is 1.